The SMILES string of the molecule is CCCNC(=O)[C@H](C)N(Cc1ccc(C)cc1)C(=O)CN(c1cc(Cl)ccc1Cl)S(=O)(=O)c1ccccc1. The van der Waals surface area contributed by atoms with Gasteiger partial charge < -0.3 is 10.2 Å². The van der Waals surface area contributed by atoms with E-state index in [1.54, 1.807) is 25.1 Å². The van der Waals surface area contributed by atoms with E-state index >= 15 is 0 Å². The van der Waals surface area contributed by atoms with Crippen molar-refractivity contribution in [2.75, 3.05) is 17.4 Å². The number of nitrogens with zero attached hydrogens (tertiary/aromatic N) is 2. The van der Waals surface area contributed by atoms with Crippen LogP contribution >= 0.6 is 23.2 Å². The zero-order valence-electron chi connectivity index (χ0n) is 21.5. The number of benzene rings is 3. The summed E-state index contributed by atoms with van der Waals surface area (Å²) in [6.45, 7) is 5.49. The predicted molar refractivity (Wildman–Crippen MR) is 152 cm³/mol. The number of hydrogen-bond acceptors (Lipinski definition) is 4. The highest BCUT2D eigenvalue weighted by Crippen LogP contribution is 2.33. The number of carbonyl (C=O) groups is 2. The van der Waals surface area contributed by atoms with Gasteiger partial charge in [0.2, 0.25) is 11.8 Å². The van der Waals surface area contributed by atoms with Crippen LogP contribution in [0.3, 0.4) is 0 Å². The molecule has 3 rings (SSSR count). The van der Waals surface area contributed by atoms with Crippen LogP contribution in [-0.4, -0.2) is 44.3 Å². The van der Waals surface area contributed by atoms with Crippen LogP contribution < -0.4 is 9.62 Å². The van der Waals surface area contributed by atoms with Crippen LogP contribution in [0, 0.1) is 6.92 Å². The second-order valence-corrected chi connectivity index (χ2v) is 11.6. The molecule has 0 heterocycles. The summed E-state index contributed by atoms with van der Waals surface area (Å²) in [7, 11) is -4.22. The maximum absolute atomic E-state index is 13.9. The molecular formula is C28H31Cl2N3O4S. The fraction of sp³-hybridized carbons (Fsp3) is 0.286. The average molecular weight is 577 g/mol. The number of sulfonamides is 1. The van der Waals surface area contributed by atoms with Crippen molar-refractivity contribution >= 4 is 50.7 Å². The summed E-state index contributed by atoms with van der Waals surface area (Å²) in [4.78, 5) is 28.1. The van der Waals surface area contributed by atoms with Gasteiger partial charge in [0.25, 0.3) is 10.0 Å². The smallest absolute Gasteiger partial charge is 0.264 e. The second kappa shape index (κ2) is 13.1. The minimum absolute atomic E-state index is 0.0114. The maximum Gasteiger partial charge on any atom is 0.264 e. The largest absolute Gasteiger partial charge is 0.354 e. The van der Waals surface area contributed by atoms with Crippen LogP contribution in [0.15, 0.2) is 77.7 Å². The van der Waals surface area contributed by atoms with E-state index in [1.807, 2.05) is 38.1 Å². The molecule has 2 amide bonds. The molecule has 3 aromatic carbocycles. The number of rotatable bonds is 11. The van der Waals surface area contributed by atoms with Gasteiger partial charge in [-0.1, -0.05) is 78.2 Å². The molecule has 0 aliphatic carbocycles. The normalized spacial score (nSPS) is 12.0. The van der Waals surface area contributed by atoms with Gasteiger partial charge in [0, 0.05) is 18.1 Å². The molecule has 1 N–H and O–H groups in total. The van der Waals surface area contributed by atoms with Crippen LogP contribution in [0.25, 0.3) is 0 Å². The third kappa shape index (κ3) is 7.28. The van der Waals surface area contributed by atoms with Gasteiger partial charge in [0.1, 0.15) is 12.6 Å². The molecule has 10 heteroatoms. The highest BCUT2D eigenvalue weighted by atomic mass is 35.5. The Labute approximate surface area is 234 Å². The predicted octanol–water partition coefficient (Wildman–Crippen LogP) is 5.44. The highest BCUT2D eigenvalue weighted by molar-refractivity contribution is 7.92. The van der Waals surface area contributed by atoms with E-state index in [9.17, 15) is 18.0 Å². The number of carbonyl (C=O) groups excluding carboxylic acids is 2. The summed E-state index contributed by atoms with van der Waals surface area (Å²) in [5, 5.41) is 3.19. The lowest BCUT2D eigenvalue weighted by atomic mass is 10.1. The number of anilines is 1. The van der Waals surface area contributed by atoms with E-state index in [4.69, 9.17) is 23.2 Å². The third-order valence-corrected chi connectivity index (χ3v) is 8.31. The van der Waals surface area contributed by atoms with Gasteiger partial charge >= 0.3 is 0 Å². The van der Waals surface area contributed by atoms with Gasteiger partial charge in [-0.05, 0) is 56.2 Å². The first-order chi connectivity index (χ1) is 18.0. The molecule has 0 aromatic heterocycles. The van der Waals surface area contributed by atoms with Crippen LogP contribution in [0.4, 0.5) is 5.69 Å². The van der Waals surface area contributed by atoms with Crippen LogP contribution in [-0.2, 0) is 26.2 Å². The molecular weight excluding hydrogens is 545 g/mol. The standard InChI is InChI=1S/C28H31Cl2N3O4S/c1-4-16-31-28(35)21(3)32(18-22-12-10-20(2)11-13-22)27(34)19-33(26-17-23(29)14-15-25(26)30)38(36,37)24-8-6-5-7-9-24/h5-15,17,21H,4,16,18-19H2,1-3H3,(H,31,35)/t21-/m0/s1. The quantitative estimate of drug-likeness (QED) is 0.330. The topological polar surface area (TPSA) is 86.8 Å². The fourth-order valence-electron chi connectivity index (χ4n) is 3.78. The second-order valence-electron chi connectivity index (χ2n) is 8.89. The number of aryl methyl sites for hydroxylation is 1. The minimum Gasteiger partial charge on any atom is -0.354 e. The van der Waals surface area contributed by atoms with Crippen molar-refractivity contribution < 1.29 is 18.0 Å². The summed E-state index contributed by atoms with van der Waals surface area (Å²) >= 11 is 12.6. The molecule has 3 aromatic rings. The Balaban J connectivity index is 2.04. The van der Waals surface area contributed by atoms with Crippen LogP contribution in [0.5, 0.6) is 0 Å². The van der Waals surface area contributed by atoms with E-state index in [0.29, 0.717) is 6.54 Å². The Kier molecular flexibility index (Phi) is 10.2. The Hall–Kier alpha value is -3.07. The lowest BCUT2D eigenvalue weighted by Crippen LogP contribution is -2.51. The Bertz CT molecular complexity index is 1370. The highest BCUT2D eigenvalue weighted by Gasteiger charge is 2.33. The first-order valence-corrected chi connectivity index (χ1v) is 14.4. The molecule has 0 radical (unpaired) electrons. The lowest BCUT2D eigenvalue weighted by molar-refractivity contribution is -0.139. The molecule has 7 nitrogen and oxygen atoms in total. The van der Waals surface area contributed by atoms with Gasteiger partial charge in [0.15, 0.2) is 0 Å². The van der Waals surface area contributed by atoms with E-state index < -0.39 is 28.5 Å². The summed E-state index contributed by atoms with van der Waals surface area (Å²) in [6, 6.07) is 18.9. The first-order valence-electron chi connectivity index (χ1n) is 12.2. The minimum atomic E-state index is -4.22. The molecule has 0 saturated heterocycles. The molecule has 202 valence electrons. The summed E-state index contributed by atoms with van der Waals surface area (Å²) < 4.78 is 28.5. The first kappa shape index (κ1) is 29.5. The van der Waals surface area contributed by atoms with Crippen molar-refractivity contribution in [1.29, 1.82) is 0 Å². The van der Waals surface area contributed by atoms with E-state index in [0.717, 1.165) is 21.9 Å². The molecule has 0 fully saturated rings. The maximum atomic E-state index is 13.9. The van der Waals surface area contributed by atoms with Crippen molar-refractivity contribution in [1.82, 2.24) is 10.2 Å². The zero-order chi connectivity index (χ0) is 27.9. The van der Waals surface area contributed by atoms with Crippen molar-refractivity contribution in [3.63, 3.8) is 0 Å². The lowest BCUT2D eigenvalue weighted by Gasteiger charge is -2.32. The Morgan fingerprint density at radius 2 is 1.63 bits per heavy atom. The number of amides is 2. The van der Waals surface area contributed by atoms with E-state index in [1.165, 1.54) is 35.2 Å². The molecule has 0 bridgehead atoms. The van der Waals surface area contributed by atoms with Crippen molar-refractivity contribution in [3.8, 4) is 0 Å². The third-order valence-electron chi connectivity index (χ3n) is 5.98. The molecule has 0 saturated carbocycles. The van der Waals surface area contributed by atoms with Gasteiger partial charge in [-0.15, -0.1) is 0 Å². The summed E-state index contributed by atoms with van der Waals surface area (Å²) in [5.74, 6) is -0.897. The summed E-state index contributed by atoms with van der Waals surface area (Å²) in [6.07, 6.45) is 0.737. The molecule has 38 heavy (non-hydrogen) atoms. The van der Waals surface area contributed by atoms with E-state index in [-0.39, 0.29) is 33.1 Å². The van der Waals surface area contributed by atoms with Crippen molar-refractivity contribution in [3.05, 3.63) is 94.0 Å². The summed E-state index contributed by atoms with van der Waals surface area (Å²) in [5.41, 5.74) is 1.92. The van der Waals surface area contributed by atoms with Crippen molar-refractivity contribution in [2.45, 2.75) is 44.7 Å². The van der Waals surface area contributed by atoms with Gasteiger partial charge in [-0.25, -0.2) is 8.42 Å². The monoisotopic (exact) mass is 575 g/mol. The van der Waals surface area contributed by atoms with E-state index in [2.05, 4.69) is 5.32 Å². The molecule has 0 unspecified atom stereocenters. The Morgan fingerprint density at radius 1 is 0.974 bits per heavy atom. The van der Waals surface area contributed by atoms with Gasteiger partial charge in [-0.3, -0.25) is 13.9 Å². The molecule has 0 aliphatic heterocycles. The van der Waals surface area contributed by atoms with Crippen molar-refractivity contribution in [2.24, 2.45) is 0 Å². The molecule has 0 spiro atoms. The van der Waals surface area contributed by atoms with Crippen LogP contribution in [0.2, 0.25) is 10.0 Å². The van der Waals surface area contributed by atoms with Crippen LogP contribution in [0.1, 0.15) is 31.4 Å². The fourth-order valence-corrected chi connectivity index (χ4v) is 5.66. The number of hydrogen-bond donors (Lipinski definition) is 1. The number of halogens is 2. The number of nitrogens with one attached hydrogen (secondary N) is 1. The van der Waals surface area contributed by atoms with Gasteiger partial charge in [0.05, 0.1) is 15.6 Å². The zero-order valence-corrected chi connectivity index (χ0v) is 23.9. The average Bonchev–Trinajstić information content (AvgIpc) is 2.91. The van der Waals surface area contributed by atoms with Gasteiger partial charge in [-0.2, -0.15) is 0 Å². The Morgan fingerprint density at radius 3 is 2.26 bits per heavy atom. The molecule has 0 aliphatic rings. The molecule has 1 atom stereocenters.